The maximum Gasteiger partial charge on any atom is 0.260 e. The summed E-state index contributed by atoms with van der Waals surface area (Å²) >= 11 is 1.44. The molecule has 0 bridgehead atoms. The number of nitrogens with two attached hydrogens (primary N) is 2. The Morgan fingerprint density at radius 3 is 2.65 bits per heavy atom. The van der Waals surface area contributed by atoms with Crippen molar-refractivity contribution in [3.8, 4) is 0 Å². The van der Waals surface area contributed by atoms with Gasteiger partial charge in [-0.15, -0.1) is 11.3 Å². The average molecular weight is 293 g/mol. The van der Waals surface area contributed by atoms with Crippen LogP contribution >= 0.6 is 11.3 Å². The number of rotatable bonds is 5. The molecule has 2 fully saturated rings. The van der Waals surface area contributed by atoms with Crippen LogP contribution in [0.2, 0.25) is 0 Å². The number of nitrogen functional groups attached to an aromatic ring is 1. The van der Waals surface area contributed by atoms with E-state index in [-0.39, 0.29) is 0 Å². The first kappa shape index (κ1) is 13.7. The summed E-state index contributed by atoms with van der Waals surface area (Å²) in [5.74, 6) is 1.72. The van der Waals surface area contributed by atoms with Crippen molar-refractivity contribution in [1.29, 1.82) is 0 Å². The van der Waals surface area contributed by atoms with Crippen molar-refractivity contribution in [1.82, 2.24) is 0 Å². The number of hydrogen-bond acceptors (Lipinski definition) is 4. The first-order valence-electron chi connectivity index (χ1n) is 7.52. The monoisotopic (exact) mass is 293 g/mol. The molecule has 5 N–H and O–H groups in total. The van der Waals surface area contributed by atoms with Crippen molar-refractivity contribution >= 4 is 27.9 Å². The third-order valence-corrected chi connectivity index (χ3v) is 5.74. The lowest BCUT2D eigenvalue weighted by Gasteiger charge is -2.12. The van der Waals surface area contributed by atoms with Crippen LogP contribution < -0.4 is 16.8 Å². The third-order valence-electron chi connectivity index (χ3n) is 4.55. The fraction of sp³-hybridized carbons (Fsp3) is 0.667. The van der Waals surface area contributed by atoms with Gasteiger partial charge in [-0.1, -0.05) is 13.3 Å². The van der Waals surface area contributed by atoms with Crippen LogP contribution in [0.25, 0.3) is 0 Å². The molecule has 0 saturated heterocycles. The second-order valence-electron chi connectivity index (χ2n) is 6.39. The minimum Gasteiger partial charge on any atom is -0.397 e. The third kappa shape index (κ3) is 2.64. The average Bonchev–Trinajstić information content (AvgIpc) is 3.05. The van der Waals surface area contributed by atoms with Crippen LogP contribution in [0.15, 0.2) is 0 Å². The Morgan fingerprint density at radius 2 is 2.10 bits per heavy atom. The quantitative estimate of drug-likeness (QED) is 0.780. The van der Waals surface area contributed by atoms with Crippen LogP contribution in [0, 0.1) is 11.8 Å². The molecule has 0 spiro atoms. The van der Waals surface area contributed by atoms with Crippen LogP contribution in [0.1, 0.15) is 60.2 Å². The van der Waals surface area contributed by atoms with Gasteiger partial charge in [-0.05, 0) is 43.4 Å². The Labute approximate surface area is 123 Å². The zero-order valence-corrected chi connectivity index (χ0v) is 12.8. The van der Waals surface area contributed by atoms with Gasteiger partial charge in [0.25, 0.3) is 5.91 Å². The molecule has 2 saturated carbocycles. The highest BCUT2D eigenvalue weighted by Crippen LogP contribution is 2.50. The van der Waals surface area contributed by atoms with E-state index in [4.69, 9.17) is 11.5 Å². The van der Waals surface area contributed by atoms with Crippen molar-refractivity contribution in [2.75, 3.05) is 17.6 Å². The molecule has 1 heterocycles. The topological polar surface area (TPSA) is 81.1 Å². The number of amides is 1. The first-order chi connectivity index (χ1) is 9.56. The fourth-order valence-electron chi connectivity index (χ4n) is 3.30. The molecule has 20 heavy (non-hydrogen) atoms. The number of thiophene rings is 1. The molecule has 2 unspecified atom stereocenters. The molecule has 0 radical (unpaired) electrons. The summed E-state index contributed by atoms with van der Waals surface area (Å²) in [4.78, 5) is 12.0. The van der Waals surface area contributed by atoms with E-state index >= 15 is 0 Å². The second-order valence-corrected chi connectivity index (χ2v) is 7.41. The summed E-state index contributed by atoms with van der Waals surface area (Å²) in [6.45, 7) is 3.31. The molecular weight excluding hydrogens is 270 g/mol. The predicted octanol–water partition coefficient (Wildman–Crippen LogP) is 3.15. The molecule has 1 aromatic heterocycles. The maximum atomic E-state index is 11.5. The van der Waals surface area contributed by atoms with Crippen molar-refractivity contribution in [3.63, 3.8) is 0 Å². The molecule has 110 valence electrons. The molecule has 0 aliphatic heterocycles. The van der Waals surface area contributed by atoms with Gasteiger partial charge in [0, 0.05) is 12.1 Å². The molecule has 2 aliphatic carbocycles. The van der Waals surface area contributed by atoms with Crippen molar-refractivity contribution in [2.24, 2.45) is 17.6 Å². The fourth-order valence-corrected chi connectivity index (χ4v) is 4.36. The number of anilines is 2. The Hall–Kier alpha value is -1.23. The number of primary amides is 1. The lowest BCUT2D eigenvalue weighted by atomic mass is 10.1. The standard InChI is InChI=1S/C15H23N3OS/c1-8-2-3-9(6-8)7-18-15-11(10-4-5-10)12(16)13(20-15)14(17)19/h8-10,18H,2-7,16H2,1H3,(H2,17,19). The maximum absolute atomic E-state index is 11.5. The highest BCUT2D eigenvalue weighted by atomic mass is 32.1. The van der Waals surface area contributed by atoms with Gasteiger partial charge in [0.15, 0.2) is 0 Å². The van der Waals surface area contributed by atoms with Crippen LogP contribution in [0.4, 0.5) is 10.7 Å². The Bertz CT molecular complexity index is 521. The molecule has 3 rings (SSSR count). The van der Waals surface area contributed by atoms with Gasteiger partial charge < -0.3 is 16.8 Å². The van der Waals surface area contributed by atoms with Gasteiger partial charge in [0.05, 0.1) is 10.7 Å². The summed E-state index contributed by atoms with van der Waals surface area (Å²) in [6.07, 6.45) is 6.29. The van der Waals surface area contributed by atoms with Crippen LogP contribution in [0.3, 0.4) is 0 Å². The van der Waals surface area contributed by atoms with E-state index in [2.05, 4.69) is 12.2 Å². The van der Waals surface area contributed by atoms with E-state index < -0.39 is 5.91 Å². The molecule has 4 nitrogen and oxygen atoms in total. The number of carbonyl (C=O) groups excluding carboxylic acids is 1. The summed E-state index contributed by atoms with van der Waals surface area (Å²) in [6, 6.07) is 0. The molecular formula is C15H23N3OS. The SMILES string of the molecule is CC1CCC(CNc2sc(C(N)=O)c(N)c2C2CC2)C1. The molecule has 2 aliphatic rings. The molecule has 1 aromatic rings. The minimum atomic E-state index is -0.406. The largest absolute Gasteiger partial charge is 0.397 e. The summed E-state index contributed by atoms with van der Waals surface area (Å²) in [5, 5.41) is 4.63. The normalized spacial score (nSPS) is 25.9. The van der Waals surface area contributed by atoms with E-state index in [0.29, 0.717) is 16.5 Å². The van der Waals surface area contributed by atoms with E-state index in [1.165, 1.54) is 43.4 Å². The smallest absolute Gasteiger partial charge is 0.260 e. The lowest BCUT2D eigenvalue weighted by Crippen LogP contribution is -2.11. The number of carbonyl (C=O) groups is 1. The van der Waals surface area contributed by atoms with Crippen molar-refractivity contribution < 1.29 is 4.79 Å². The Morgan fingerprint density at radius 1 is 1.35 bits per heavy atom. The van der Waals surface area contributed by atoms with Gasteiger partial charge in [-0.25, -0.2) is 0 Å². The van der Waals surface area contributed by atoms with Crippen LogP contribution in [-0.4, -0.2) is 12.5 Å². The molecule has 2 atom stereocenters. The van der Waals surface area contributed by atoms with Crippen LogP contribution in [0.5, 0.6) is 0 Å². The molecule has 1 amide bonds. The van der Waals surface area contributed by atoms with Crippen molar-refractivity contribution in [3.05, 3.63) is 10.4 Å². The van der Waals surface area contributed by atoms with Gasteiger partial charge in [0.1, 0.15) is 4.88 Å². The number of nitrogens with one attached hydrogen (secondary N) is 1. The highest BCUT2D eigenvalue weighted by molar-refractivity contribution is 7.18. The van der Waals surface area contributed by atoms with Gasteiger partial charge in [0.2, 0.25) is 0 Å². The summed E-state index contributed by atoms with van der Waals surface area (Å²) < 4.78 is 0. The predicted molar refractivity (Wildman–Crippen MR) is 84.2 cm³/mol. The summed E-state index contributed by atoms with van der Waals surface area (Å²) in [5.41, 5.74) is 13.3. The zero-order chi connectivity index (χ0) is 14.3. The minimum absolute atomic E-state index is 0.406. The van der Waals surface area contributed by atoms with Crippen molar-refractivity contribution in [2.45, 2.75) is 44.9 Å². The summed E-state index contributed by atoms with van der Waals surface area (Å²) in [7, 11) is 0. The van der Waals surface area contributed by atoms with E-state index in [9.17, 15) is 4.79 Å². The zero-order valence-electron chi connectivity index (χ0n) is 11.9. The molecule has 0 aromatic carbocycles. The Balaban J connectivity index is 1.74. The molecule has 5 heteroatoms. The van der Waals surface area contributed by atoms with E-state index in [1.54, 1.807) is 0 Å². The second kappa shape index (κ2) is 5.28. The first-order valence-corrected chi connectivity index (χ1v) is 8.33. The van der Waals surface area contributed by atoms with Gasteiger partial charge in [-0.2, -0.15) is 0 Å². The highest BCUT2D eigenvalue weighted by Gasteiger charge is 2.32. The lowest BCUT2D eigenvalue weighted by molar-refractivity contribution is 0.100. The van der Waals surface area contributed by atoms with Gasteiger partial charge >= 0.3 is 0 Å². The van der Waals surface area contributed by atoms with E-state index in [0.717, 1.165) is 28.9 Å². The number of hydrogen-bond donors (Lipinski definition) is 3. The van der Waals surface area contributed by atoms with E-state index in [1.807, 2.05) is 0 Å². The Kier molecular flexibility index (Phi) is 3.63. The van der Waals surface area contributed by atoms with Gasteiger partial charge in [-0.3, -0.25) is 4.79 Å². The van der Waals surface area contributed by atoms with Crippen LogP contribution in [-0.2, 0) is 0 Å².